The maximum absolute atomic E-state index is 12.3. The first kappa shape index (κ1) is 20.2. The highest BCUT2D eigenvalue weighted by Gasteiger charge is 2.19. The molecule has 8 heteroatoms. The molecule has 0 aliphatic heterocycles. The molecule has 0 unspecified atom stereocenters. The maximum atomic E-state index is 12.3. The van der Waals surface area contributed by atoms with E-state index in [0.29, 0.717) is 19.1 Å². The fourth-order valence-electron chi connectivity index (χ4n) is 2.78. The van der Waals surface area contributed by atoms with Crippen molar-refractivity contribution in [2.24, 2.45) is 0 Å². The SMILES string of the molecule is COC(=O)c1cc(S(=O)(=O)NCCCOC2CCCCC2)ccc1Cl. The summed E-state index contributed by atoms with van der Waals surface area (Å²) in [5, 5.41) is 0.145. The lowest BCUT2D eigenvalue weighted by Gasteiger charge is -2.21. The van der Waals surface area contributed by atoms with Gasteiger partial charge in [0.2, 0.25) is 10.0 Å². The summed E-state index contributed by atoms with van der Waals surface area (Å²) in [4.78, 5) is 11.6. The third kappa shape index (κ3) is 5.95. The van der Waals surface area contributed by atoms with Crippen LogP contribution in [0.3, 0.4) is 0 Å². The summed E-state index contributed by atoms with van der Waals surface area (Å²) in [6.45, 7) is 0.798. The van der Waals surface area contributed by atoms with Gasteiger partial charge in [-0.25, -0.2) is 17.9 Å². The molecular formula is C17H24ClNO5S. The van der Waals surface area contributed by atoms with Crippen molar-refractivity contribution in [1.82, 2.24) is 4.72 Å². The lowest BCUT2D eigenvalue weighted by Crippen LogP contribution is -2.26. The second-order valence-corrected chi connectivity index (χ2v) is 8.19. The number of carbonyl (C=O) groups excluding carboxylic acids is 1. The van der Waals surface area contributed by atoms with Gasteiger partial charge in [-0.05, 0) is 37.5 Å². The van der Waals surface area contributed by atoms with E-state index in [1.54, 1.807) is 0 Å². The number of hydrogen-bond donors (Lipinski definition) is 1. The molecule has 1 aromatic carbocycles. The molecule has 1 N–H and O–H groups in total. The van der Waals surface area contributed by atoms with Gasteiger partial charge < -0.3 is 9.47 Å². The molecule has 2 rings (SSSR count). The monoisotopic (exact) mass is 389 g/mol. The number of halogens is 1. The van der Waals surface area contributed by atoms with Crippen LogP contribution in [0, 0.1) is 0 Å². The molecule has 0 amide bonds. The molecule has 0 atom stereocenters. The number of benzene rings is 1. The Morgan fingerprint density at radius 2 is 2.00 bits per heavy atom. The normalized spacial score (nSPS) is 15.9. The van der Waals surface area contributed by atoms with Crippen molar-refractivity contribution in [1.29, 1.82) is 0 Å². The summed E-state index contributed by atoms with van der Waals surface area (Å²) in [6, 6.07) is 3.94. The maximum Gasteiger partial charge on any atom is 0.339 e. The molecule has 0 saturated heterocycles. The van der Waals surface area contributed by atoms with Crippen LogP contribution >= 0.6 is 11.6 Å². The van der Waals surface area contributed by atoms with Crippen LogP contribution in [0.4, 0.5) is 0 Å². The number of rotatable bonds is 8. The van der Waals surface area contributed by atoms with Gasteiger partial charge in [0.1, 0.15) is 0 Å². The molecule has 6 nitrogen and oxygen atoms in total. The quantitative estimate of drug-likeness (QED) is 0.545. The molecule has 0 bridgehead atoms. The highest BCUT2D eigenvalue weighted by atomic mass is 35.5. The van der Waals surface area contributed by atoms with Crippen molar-refractivity contribution in [3.05, 3.63) is 28.8 Å². The molecule has 1 aromatic rings. The van der Waals surface area contributed by atoms with Crippen molar-refractivity contribution >= 4 is 27.6 Å². The topological polar surface area (TPSA) is 81.7 Å². The second kappa shape index (κ2) is 9.52. The van der Waals surface area contributed by atoms with Crippen molar-refractivity contribution in [3.8, 4) is 0 Å². The van der Waals surface area contributed by atoms with Gasteiger partial charge in [0.15, 0.2) is 0 Å². The summed E-state index contributed by atoms with van der Waals surface area (Å²) in [5.41, 5.74) is 0.0210. The van der Waals surface area contributed by atoms with Gasteiger partial charge >= 0.3 is 5.97 Å². The van der Waals surface area contributed by atoms with Gasteiger partial charge in [-0.1, -0.05) is 30.9 Å². The highest BCUT2D eigenvalue weighted by molar-refractivity contribution is 7.89. The Labute approximate surface area is 153 Å². The molecule has 1 aliphatic rings. The van der Waals surface area contributed by atoms with Gasteiger partial charge in [0, 0.05) is 13.2 Å². The summed E-state index contributed by atoms with van der Waals surface area (Å²) in [7, 11) is -2.51. The fraction of sp³-hybridized carbons (Fsp3) is 0.588. The second-order valence-electron chi connectivity index (χ2n) is 6.02. The number of hydrogen-bond acceptors (Lipinski definition) is 5. The Morgan fingerprint density at radius 3 is 2.68 bits per heavy atom. The average molecular weight is 390 g/mol. The lowest BCUT2D eigenvalue weighted by atomic mass is 9.98. The molecular weight excluding hydrogens is 366 g/mol. The number of esters is 1. The average Bonchev–Trinajstić information content (AvgIpc) is 2.61. The van der Waals surface area contributed by atoms with Crippen LogP contribution in [0.1, 0.15) is 48.9 Å². The van der Waals surface area contributed by atoms with Gasteiger partial charge in [-0.15, -0.1) is 0 Å². The molecule has 0 radical (unpaired) electrons. The van der Waals surface area contributed by atoms with Crippen molar-refractivity contribution in [3.63, 3.8) is 0 Å². The minimum Gasteiger partial charge on any atom is -0.465 e. The van der Waals surface area contributed by atoms with Gasteiger partial charge in [0.25, 0.3) is 0 Å². The van der Waals surface area contributed by atoms with Crippen molar-refractivity contribution in [2.75, 3.05) is 20.3 Å². The molecule has 140 valence electrons. The van der Waals surface area contributed by atoms with E-state index in [4.69, 9.17) is 16.3 Å². The molecule has 1 fully saturated rings. The predicted octanol–water partition coefficient (Wildman–Crippen LogP) is 3.14. The van der Waals surface area contributed by atoms with Crippen molar-refractivity contribution in [2.45, 2.75) is 49.5 Å². The van der Waals surface area contributed by atoms with E-state index in [2.05, 4.69) is 9.46 Å². The fourth-order valence-corrected chi connectivity index (χ4v) is 4.08. The first-order valence-corrected chi connectivity index (χ1v) is 10.3. The number of nitrogens with one attached hydrogen (secondary N) is 1. The van der Waals surface area contributed by atoms with Crippen LogP contribution in [0.25, 0.3) is 0 Å². The largest absolute Gasteiger partial charge is 0.465 e. The number of ether oxygens (including phenoxy) is 2. The van der Waals surface area contributed by atoms with Gasteiger partial charge in [0.05, 0.1) is 28.7 Å². The van der Waals surface area contributed by atoms with Gasteiger partial charge in [-0.3, -0.25) is 0 Å². The highest BCUT2D eigenvalue weighted by Crippen LogP contribution is 2.22. The van der Waals surface area contributed by atoms with Crippen LogP contribution < -0.4 is 4.72 Å². The van der Waals surface area contributed by atoms with Gasteiger partial charge in [-0.2, -0.15) is 0 Å². The third-order valence-electron chi connectivity index (χ3n) is 4.17. The van der Waals surface area contributed by atoms with E-state index >= 15 is 0 Å². The summed E-state index contributed by atoms with van der Waals surface area (Å²) >= 11 is 5.91. The van der Waals surface area contributed by atoms with E-state index in [0.717, 1.165) is 12.8 Å². The predicted molar refractivity (Wildman–Crippen MR) is 95.4 cm³/mol. The van der Waals surface area contributed by atoms with E-state index in [-0.39, 0.29) is 22.0 Å². The third-order valence-corrected chi connectivity index (χ3v) is 5.96. The molecule has 0 aromatic heterocycles. The molecule has 1 aliphatic carbocycles. The Morgan fingerprint density at radius 1 is 1.28 bits per heavy atom. The molecule has 0 spiro atoms. The zero-order chi connectivity index (χ0) is 18.3. The standard InChI is InChI=1S/C17H24ClNO5S/c1-23-17(20)15-12-14(8-9-16(15)18)25(21,22)19-10-5-11-24-13-6-3-2-4-7-13/h8-9,12-13,19H,2-7,10-11H2,1H3. The van der Waals surface area contributed by atoms with E-state index in [1.165, 1.54) is 44.6 Å². The van der Waals surface area contributed by atoms with Crippen LogP contribution in [0.15, 0.2) is 23.1 Å². The summed E-state index contributed by atoms with van der Waals surface area (Å²) in [6.07, 6.45) is 6.76. The summed E-state index contributed by atoms with van der Waals surface area (Å²) in [5.74, 6) is -0.678. The Hall–Kier alpha value is -1.15. The van der Waals surface area contributed by atoms with Crippen LogP contribution in [-0.4, -0.2) is 40.8 Å². The Balaban J connectivity index is 1.85. The number of sulfonamides is 1. The zero-order valence-corrected chi connectivity index (χ0v) is 15.9. The molecule has 25 heavy (non-hydrogen) atoms. The van der Waals surface area contributed by atoms with Crippen LogP contribution in [0.5, 0.6) is 0 Å². The first-order valence-electron chi connectivity index (χ1n) is 8.43. The van der Waals surface area contributed by atoms with Crippen molar-refractivity contribution < 1.29 is 22.7 Å². The smallest absolute Gasteiger partial charge is 0.339 e. The molecule has 0 heterocycles. The van der Waals surface area contributed by atoms with Crippen LogP contribution in [0.2, 0.25) is 5.02 Å². The minimum absolute atomic E-state index is 0.0210. The van der Waals surface area contributed by atoms with E-state index in [1.807, 2.05) is 0 Å². The molecule has 1 saturated carbocycles. The Kier molecular flexibility index (Phi) is 7.68. The van der Waals surface area contributed by atoms with E-state index < -0.39 is 16.0 Å². The lowest BCUT2D eigenvalue weighted by molar-refractivity contribution is 0.0278. The summed E-state index contributed by atoms with van der Waals surface area (Å²) < 4.78 is 37.5. The Bertz CT molecular complexity index is 686. The zero-order valence-electron chi connectivity index (χ0n) is 14.3. The van der Waals surface area contributed by atoms with Crippen LogP contribution in [-0.2, 0) is 19.5 Å². The number of methoxy groups -OCH3 is 1. The van der Waals surface area contributed by atoms with E-state index in [9.17, 15) is 13.2 Å². The minimum atomic E-state index is -3.72. The first-order chi connectivity index (χ1) is 11.9. The number of carbonyl (C=O) groups is 1.